The summed E-state index contributed by atoms with van der Waals surface area (Å²) in [7, 11) is 0. The monoisotopic (exact) mass is 376 g/mol. The number of nitrogens with zero attached hydrogens (tertiary/aromatic N) is 1. The lowest BCUT2D eigenvalue weighted by molar-refractivity contribution is -0.123. The number of nitrogens with one attached hydrogen (secondary N) is 1. The van der Waals surface area contributed by atoms with E-state index in [9.17, 15) is 9.59 Å². The molecule has 0 aliphatic carbocycles. The second-order valence-electron chi connectivity index (χ2n) is 6.44. The van der Waals surface area contributed by atoms with E-state index < -0.39 is 0 Å². The van der Waals surface area contributed by atoms with Crippen LogP contribution in [-0.2, 0) is 11.3 Å². The van der Waals surface area contributed by atoms with E-state index in [1.54, 1.807) is 22.9 Å². The Balaban J connectivity index is 1.42. The van der Waals surface area contributed by atoms with E-state index in [2.05, 4.69) is 5.32 Å². The maximum Gasteiger partial charge on any atom is 0.257 e. The smallest absolute Gasteiger partial charge is 0.257 e. The number of para-hydroxylation sites is 1. The molecule has 0 unspecified atom stereocenters. The van der Waals surface area contributed by atoms with Crippen LogP contribution in [0, 0.1) is 0 Å². The molecule has 144 valence electrons. The number of hydrogen-bond donors (Lipinski definition) is 1. The van der Waals surface area contributed by atoms with Gasteiger partial charge in [0.05, 0.1) is 0 Å². The van der Waals surface area contributed by atoms with Crippen LogP contribution in [0.5, 0.6) is 5.75 Å². The minimum Gasteiger partial charge on any atom is -0.483 e. The van der Waals surface area contributed by atoms with Crippen LogP contribution in [0.15, 0.2) is 83.8 Å². The van der Waals surface area contributed by atoms with E-state index in [0.717, 1.165) is 24.0 Å². The van der Waals surface area contributed by atoms with Gasteiger partial charge >= 0.3 is 0 Å². The first-order valence-corrected chi connectivity index (χ1v) is 9.43. The van der Waals surface area contributed by atoms with Crippen molar-refractivity contribution in [2.75, 3.05) is 13.2 Å². The van der Waals surface area contributed by atoms with Crippen LogP contribution in [0.25, 0.3) is 11.1 Å². The average Bonchev–Trinajstić information content (AvgIpc) is 2.74. The highest BCUT2D eigenvalue weighted by molar-refractivity contribution is 5.78. The summed E-state index contributed by atoms with van der Waals surface area (Å²) in [6, 6.07) is 22.8. The van der Waals surface area contributed by atoms with Crippen molar-refractivity contribution >= 4 is 5.91 Å². The number of ether oxygens (including phenoxy) is 1. The van der Waals surface area contributed by atoms with Crippen molar-refractivity contribution < 1.29 is 9.53 Å². The maximum absolute atomic E-state index is 12.1. The number of amides is 1. The molecular weight excluding hydrogens is 352 g/mol. The fourth-order valence-corrected chi connectivity index (χ4v) is 2.92. The first-order valence-electron chi connectivity index (χ1n) is 9.43. The van der Waals surface area contributed by atoms with E-state index in [4.69, 9.17) is 4.74 Å². The number of benzene rings is 2. The molecule has 1 amide bonds. The topological polar surface area (TPSA) is 60.3 Å². The number of aromatic nitrogens is 1. The van der Waals surface area contributed by atoms with Gasteiger partial charge in [0.25, 0.3) is 5.91 Å². The lowest BCUT2D eigenvalue weighted by Crippen LogP contribution is -2.30. The molecule has 0 saturated carbocycles. The molecule has 0 spiro atoms. The summed E-state index contributed by atoms with van der Waals surface area (Å²) in [6.45, 7) is 1.18. The molecule has 5 nitrogen and oxygen atoms in total. The molecule has 1 N–H and O–H groups in total. The number of carbonyl (C=O) groups is 1. The van der Waals surface area contributed by atoms with Crippen molar-refractivity contribution in [3.63, 3.8) is 0 Å². The molecule has 2 aromatic carbocycles. The summed E-state index contributed by atoms with van der Waals surface area (Å²) in [5.74, 6) is 0.534. The van der Waals surface area contributed by atoms with Crippen molar-refractivity contribution in [3.8, 4) is 16.9 Å². The highest BCUT2D eigenvalue weighted by atomic mass is 16.5. The Hall–Kier alpha value is -3.34. The minimum absolute atomic E-state index is 0.00276. The van der Waals surface area contributed by atoms with Crippen molar-refractivity contribution in [2.45, 2.75) is 19.4 Å². The molecule has 0 radical (unpaired) electrons. The van der Waals surface area contributed by atoms with E-state index in [0.29, 0.717) is 18.8 Å². The third-order valence-electron chi connectivity index (χ3n) is 4.38. The third kappa shape index (κ3) is 5.58. The van der Waals surface area contributed by atoms with Crippen molar-refractivity contribution in [3.05, 3.63) is 89.3 Å². The molecule has 3 aromatic rings. The molecule has 0 atom stereocenters. The second kappa shape index (κ2) is 10.1. The predicted molar refractivity (Wildman–Crippen MR) is 110 cm³/mol. The predicted octanol–water partition coefficient (Wildman–Crippen LogP) is 3.49. The SMILES string of the molecule is O=C(COc1ccccc1-c1ccccc1)NCCCCn1ccccc1=O. The molecule has 1 heterocycles. The molecule has 0 aliphatic rings. The van der Waals surface area contributed by atoms with Crippen LogP contribution in [0.1, 0.15) is 12.8 Å². The van der Waals surface area contributed by atoms with Gasteiger partial charge < -0.3 is 14.6 Å². The standard InChI is InChI=1S/C23H24N2O3/c26-22(24-15-7-9-17-25-16-8-6-14-23(25)27)18-28-21-13-5-4-12-20(21)19-10-2-1-3-11-19/h1-6,8,10-14,16H,7,9,15,17-18H2,(H,24,26). The average molecular weight is 376 g/mol. The molecule has 5 heteroatoms. The van der Waals surface area contributed by atoms with Crippen molar-refractivity contribution in [2.24, 2.45) is 0 Å². The fourth-order valence-electron chi connectivity index (χ4n) is 2.92. The van der Waals surface area contributed by atoms with Gasteiger partial charge in [0.15, 0.2) is 6.61 Å². The maximum atomic E-state index is 12.1. The van der Waals surface area contributed by atoms with Gasteiger partial charge in [-0.2, -0.15) is 0 Å². The Morgan fingerprint density at radius 3 is 2.46 bits per heavy atom. The number of carbonyl (C=O) groups excluding carboxylic acids is 1. The summed E-state index contributed by atoms with van der Waals surface area (Å²) in [5.41, 5.74) is 2.01. The fraction of sp³-hybridized carbons (Fsp3) is 0.217. The molecule has 28 heavy (non-hydrogen) atoms. The number of rotatable bonds is 9. The van der Waals surface area contributed by atoms with Crippen molar-refractivity contribution in [1.29, 1.82) is 0 Å². The number of unbranched alkanes of at least 4 members (excludes halogenated alkanes) is 1. The highest BCUT2D eigenvalue weighted by Gasteiger charge is 2.08. The molecule has 0 aliphatic heterocycles. The summed E-state index contributed by atoms with van der Waals surface area (Å²) < 4.78 is 7.41. The zero-order valence-electron chi connectivity index (χ0n) is 15.7. The third-order valence-corrected chi connectivity index (χ3v) is 4.38. The van der Waals surface area contributed by atoms with Gasteiger partial charge in [0.2, 0.25) is 5.56 Å². The van der Waals surface area contributed by atoms with Gasteiger partial charge in [-0.05, 0) is 30.5 Å². The quantitative estimate of drug-likeness (QED) is 0.582. The Kier molecular flexibility index (Phi) is 7.01. The van der Waals surface area contributed by atoms with E-state index >= 15 is 0 Å². The zero-order chi connectivity index (χ0) is 19.6. The molecule has 0 saturated heterocycles. The number of aryl methyl sites for hydroxylation is 1. The van der Waals surface area contributed by atoms with Crippen LogP contribution in [0.3, 0.4) is 0 Å². The normalized spacial score (nSPS) is 10.4. The lowest BCUT2D eigenvalue weighted by Gasteiger charge is -2.12. The van der Waals surface area contributed by atoms with E-state index in [1.165, 1.54) is 0 Å². The summed E-state index contributed by atoms with van der Waals surface area (Å²) in [4.78, 5) is 23.7. The van der Waals surface area contributed by atoms with Crippen LogP contribution < -0.4 is 15.6 Å². The Morgan fingerprint density at radius 1 is 0.893 bits per heavy atom. The van der Waals surface area contributed by atoms with Crippen LogP contribution in [0.2, 0.25) is 0 Å². The lowest BCUT2D eigenvalue weighted by atomic mass is 10.1. The summed E-state index contributed by atoms with van der Waals surface area (Å²) in [6.07, 6.45) is 3.40. The Bertz CT molecular complexity index is 951. The van der Waals surface area contributed by atoms with Gasteiger partial charge in [-0.15, -0.1) is 0 Å². The largest absolute Gasteiger partial charge is 0.483 e. The van der Waals surface area contributed by atoms with Crippen LogP contribution in [-0.4, -0.2) is 23.6 Å². The van der Waals surface area contributed by atoms with Crippen molar-refractivity contribution in [1.82, 2.24) is 9.88 Å². The van der Waals surface area contributed by atoms with Crippen LogP contribution in [0.4, 0.5) is 0 Å². The summed E-state index contributed by atoms with van der Waals surface area (Å²) in [5, 5.41) is 2.86. The van der Waals surface area contributed by atoms with Gasteiger partial charge in [-0.1, -0.05) is 54.6 Å². The van der Waals surface area contributed by atoms with E-state index in [-0.39, 0.29) is 18.1 Å². The van der Waals surface area contributed by atoms with Gasteiger partial charge in [-0.3, -0.25) is 9.59 Å². The minimum atomic E-state index is -0.153. The number of pyridine rings is 1. The molecule has 0 bridgehead atoms. The Labute approximate surface area is 164 Å². The molecule has 0 fully saturated rings. The first-order chi connectivity index (χ1) is 13.7. The molecule has 3 rings (SSSR count). The highest BCUT2D eigenvalue weighted by Crippen LogP contribution is 2.29. The summed E-state index contributed by atoms with van der Waals surface area (Å²) >= 11 is 0. The van der Waals surface area contributed by atoms with Gasteiger partial charge in [0.1, 0.15) is 5.75 Å². The second-order valence-corrected chi connectivity index (χ2v) is 6.44. The molecule has 1 aromatic heterocycles. The van der Waals surface area contributed by atoms with E-state index in [1.807, 2.05) is 60.7 Å². The zero-order valence-corrected chi connectivity index (χ0v) is 15.7. The molecular formula is C23H24N2O3. The van der Waals surface area contributed by atoms with Gasteiger partial charge in [0, 0.05) is 30.9 Å². The van der Waals surface area contributed by atoms with Gasteiger partial charge in [-0.25, -0.2) is 0 Å². The number of hydrogen-bond acceptors (Lipinski definition) is 3. The first kappa shape index (κ1) is 19.4. The Morgan fingerprint density at radius 2 is 1.64 bits per heavy atom. The van der Waals surface area contributed by atoms with Crippen LogP contribution >= 0.6 is 0 Å².